The van der Waals surface area contributed by atoms with Crippen molar-refractivity contribution in [3.05, 3.63) is 35.4 Å². The summed E-state index contributed by atoms with van der Waals surface area (Å²) < 4.78 is 0. The minimum absolute atomic E-state index is 0.697. The van der Waals surface area contributed by atoms with Crippen molar-refractivity contribution in [1.29, 1.82) is 0 Å². The first kappa shape index (κ1) is 13.8. The fourth-order valence-electron chi connectivity index (χ4n) is 1.77. The SMILES string of the molecule is CC(C)Cc1cccc(C#CCCCCN)c1. The lowest BCUT2D eigenvalue weighted by Crippen LogP contribution is -1.97. The van der Waals surface area contributed by atoms with Crippen LogP contribution in [0.5, 0.6) is 0 Å². The van der Waals surface area contributed by atoms with E-state index in [4.69, 9.17) is 5.73 Å². The number of benzene rings is 1. The third-order valence-electron chi connectivity index (χ3n) is 2.56. The van der Waals surface area contributed by atoms with Gasteiger partial charge in [0.25, 0.3) is 0 Å². The van der Waals surface area contributed by atoms with E-state index in [0.717, 1.165) is 37.8 Å². The van der Waals surface area contributed by atoms with Crippen LogP contribution >= 0.6 is 0 Å². The third-order valence-corrected chi connectivity index (χ3v) is 2.56. The molecule has 92 valence electrons. The lowest BCUT2D eigenvalue weighted by Gasteiger charge is -2.04. The monoisotopic (exact) mass is 229 g/mol. The molecule has 0 bridgehead atoms. The van der Waals surface area contributed by atoms with Crippen LogP contribution in [0, 0.1) is 17.8 Å². The van der Waals surface area contributed by atoms with E-state index in [1.165, 1.54) is 5.56 Å². The second-order valence-corrected chi connectivity index (χ2v) is 4.85. The summed E-state index contributed by atoms with van der Waals surface area (Å²) in [4.78, 5) is 0. The van der Waals surface area contributed by atoms with Gasteiger partial charge in [-0.2, -0.15) is 0 Å². The molecule has 0 unspecified atom stereocenters. The third kappa shape index (κ3) is 6.14. The largest absolute Gasteiger partial charge is 0.330 e. The van der Waals surface area contributed by atoms with E-state index in [9.17, 15) is 0 Å². The van der Waals surface area contributed by atoms with Crippen LogP contribution in [0.3, 0.4) is 0 Å². The second kappa shape index (κ2) is 7.92. The molecule has 0 aromatic heterocycles. The van der Waals surface area contributed by atoms with Crippen LogP contribution in [0.2, 0.25) is 0 Å². The van der Waals surface area contributed by atoms with Gasteiger partial charge in [-0.3, -0.25) is 0 Å². The van der Waals surface area contributed by atoms with Crippen molar-refractivity contribution >= 4 is 0 Å². The van der Waals surface area contributed by atoms with Gasteiger partial charge in [-0.25, -0.2) is 0 Å². The fraction of sp³-hybridized carbons (Fsp3) is 0.500. The molecule has 1 aromatic rings. The van der Waals surface area contributed by atoms with Crippen LogP contribution in [0.4, 0.5) is 0 Å². The Hall–Kier alpha value is -1.26. The van der Waals surface area contributed by atoms with Crippen molar-refractivity contribution in [2.24, 2.45) is 11.7 Å². The molecular weight excluding hydrogens is 206 g/mol. The zero-order valence-electron chi connectivity index (χ0n) is 11.0. The van der Waals surface area contributed by atoms with Crippen molar-refractivity contribution < 1.29 is 0 Å². The average molecular weight is 229 g/mol. The first-order valence-corrected chi connectivity index (χ1v) is 6.50. The van der Waals surface area contributed by atoms with Crippen molar-refractivity contribution in [1.82, 2.24) is 0 Å². The van der Waals surface area contributed by atoms with Crippen LogP contribution in [0.15, 0.2) is 24.3 Å². The standard InChI is InChI=1S/C16H23N/c1-14(2)12-16-10-7-9-15(13-16)8-5-3-4-6-11-17/h7,9-10,13-14H,3-4,6,11-12,17H2,1-2H3. The smallest absolute Gasteiger partial charge is 0.0247 e. The highest BCUT2D eigenvalue weighted by Crippen LogP contribution is 2.09. The lowest BCUT2D eigenvalue weighted by atomic mass is 10.0. The highest BCUT2D eigenvalue weighted by atomic mass is 14.5. The maximum absolute atomic E-state index is 5.44. The van der Waals surface area contributed by atoms with E-state index in [1.54, 1.807) is 0 Å². The van der Waals surface area contributed by atoms with E-state index >= 15 is 0 Å². The number of nitrogens with two attached hydrogens (primary N) is 1. The van der Waals surface area contributed by atoms with Crippen molar-refractivity contribution in [2.45, 2.75) is 39.5 Å². The quantitative estimate of drug-likeness (QED) is 0.608. The molecular formula is C16H23N. The fourth-order valence-corrected chi connectivity index (χ4v) is 1.77. The Kier molecular flexibility index (Phi) is 6.43. The number of hydrogen-bond donors (Lipinski definition) is 1. The first-order chi connectivity index (χ1) is 8.22. The van der Waals surface area contributed by atoms with E-state index in [2.05, 4.69) is 50.0 Å². The summed E-state index contributed by atoms with van der Waals surface area (Å²) in [5.74, 6) is 7.13. The van der Waals surface area contributed by atoms with Gasteiger partial charge >= 0.3 is 0 Å². The molecule has 2 N–H and O–H groups in total. The zero-order chi connectivity index (χ0) is 12.5. The van der Waals surface area contributed by atoms with Gasteiger partial charge < -0.3 is 5.73 Å². The Morgan fingerprint density at radius 2 is 2.06 bits per heavy atom. The summed E-state index contributed by atoms with van der Waals surface area (Å²) in [6, 6.07) is 8.57. The van der Waals surface area contributed by atoms with Crippen molar-refractivity contribution in [3.8, 4) is 11.8 Å². The Labute approximate surface area is 105 Å². The minimum atomic E-state index is 0.697. The van der Waals surface area contributed by atoms with E-state index < -0.39 is 0 Å². The van der Waals surface area contributed by atoms with Gasteiger partial charge in [0, 0.05) is 12.0 Å². The van der Waals surface area contributed by atoms with Crippen molar-refractivity contribution in [3.63, 3.8) is 0 Å². The first-order valence-electron chi connectivity index (χ1n) is 6.50. The normalized spacial score (nSPS) is 10.1. The van der Waals surface area contributed by atoms with Gasteiger partial charge in [-0.15, -0.1) is 0 Å². The van der Waals surface area contributed by atoms with Crippen LogP contribution in [-0.4, -0.2) is 6.54 Å². The van der Waals surface area contributed by atoms with Crippen LogP contribution in [0.1, 0.15) is 44.2 Å². The molecule has 0 aliphatic rings. The topological polar surface area (TPSA) is 26.0 Å². The Morgan fingerprint density at radius 1 is 1.24 bits per heavy atom. The Balaban J connectivity index is 2.53. The summed E-state index contributed by atoms with van der Waals surface area (Å²) in [5.41, 5.74) is 7.96. The molecule has 0 saturated heterocycles. The van der Waals surface area contributed by atoms with Crippen LogP contribution < -0.4 is 5.73 Å². The number of rotatable bonds is 5. The summed E-state index contributed by atoms with van der Waals surface area (Å²) in [5, 5.41) is 0. The zero-order valence-corrected chi connectivity index (χ0v) is 11.0. The lowest BCUT2D eigenvalue weighted by molar-refractivity contribution is 0.647. The van der Waals surface area contributed by atoms with Crippen molar-refractivity contribution in [2.75, 3.05) is 6.54 Å². The van der Waals surface area contributed by atoms with Gasteiger partial charge in [0.15, 0.2) is 0 Å². The van der Waals surface area contributed by atoms with Gasteiger partial charge in [0.05, 0.1) is 0 Å². The molecule has 1 nitrogen and oxygen atoms in total. The maximum atomic E-state index is 5.44. The highest BCUT2D eigenvalue weighted by molar-refractivity contribution is 5.37. The number of unbranched alkanes of at least 4 members (excludes halogenated alkanes) is 2. The molecule has 0 radical (unpaired) electrons. The molecule has 0 aliphatic carbocycles. The van der Waals surface area contributed by atoms with E-state index in [-0.39, 0.29) is 0 Å². The van der Waals surface area contributed by atoms with Gasteiger partial charge in [0.1, 0.15) is 0 Å². The molecule has 17 heavy (non-hydrogen) atoms. The van der Waals surface area contributed by atoms with Crippen LogP contribution in [-0.2, 0) is 6.42 Å². The molecule has 0 saturated carbocycles. The molecule has 1 aromatic carbocycles. The van der Waals surface area contributed by atoms with E-state index in [0.29, 0.717) is 5.92 Å². The second-order valence-electron chi connectivity index (χ2n) is 4.85. The van der Waals surface area contributed by atoms with Crippen LogP contribution in [0.25, 0.3) is 0 Å². The van der Waals surface area contributed by atoms with Gasteiger partial charge in [-0.1, -0.05) is 37.8 Å². The summed E-state index contributed by atoms with van der Waals surface area (Å²) >= 11 is 0. The average Bonchev–Trinajstić information content (AvgIpc) is 2.28. The molecule has 0 spiro atoms. The number of hydrogen-bond acceptors (Lipinski definition) is 1. The predicted octanol–water partition coefficient (Wildman–Crippen LogP) is 3.37. The highest BCUT2D eigenvalue weighted by Gasteiger charge is 1.97. The minimum Gasteiger partial charge on any atom is -0.330 e. The molecule has 0 aliphatic heterocycles. The van der Waals surface area contributed by atoms with Gasteiger partial charge in [0.2, 0.25) is 0 Å². The summed E-state index contributed by atoms with van der Waals surface area (Å²) in [7, 11) is 0. The predicted molar refractivity (Wildman–Crippen MR) is 74.8 cm³/mol. The molecule has 0 amide bonds. The molecule has 0 atom stereocenters. The summed E-state index contributed by atoms with van der Waals surface area (Å²) in [6.45, 7) is 5.25. The van der Waals surface area contributed by atoms with Gasteiger partial charge in [-0.05, 0) is 49.4 Å². The molecule has 1 rings (SSSR count). The Bertz CT molecular complexity index is 382. The maximum Gasteiger partial charge on any atom is 0.0247 e. The molecule has 0 heterocycles. The molecule has 0 fully saturated rings. The summed E-state index contributed by atoms with van der Waals surface area (Å²) in [6.07, 6.45) is 4.26. The van der Waals surface area contributed by atoms with E-state index in [1.807, 2.05) is 0 Å². The molecule has 1 heteroatoms. The Morgan fingerprint density at radius 3 is 2.76 bits per heavy atom.